The average molecular weight is 220 g/mol. The third kappa shape index (κ3) is 14.1. The Kier molecular flexibility index (Phi) is 12.1. The molecule has 12 heavy (non-hydrogen) atoms. The van der Waals surface area contributed by atoms with E-state index >= 15 is 0 Å². The Morgan fingerprint density at radius 3 is 2.25 bits per heavy atom. The summed E-state index contributed by atoms with van der Waals surface area (Å²) in [5.74, 6) is 0. The average Bonchev–Trinajstić information content (AvgIpc) is 1.85. The van der Waals surface area contributed by atoms with Gasteiger partial charge in [-0.1, -0.05) is 26.2 Å². The first-order valence-corrected chi connectivity index (χ1v) is 5.00. The van der Waals surface area contributed by atoms with Gasteiger partial charge in [-0.05, 0) is 6.42 Å². The summed E-state index contributed by atoms with van der Waals surface area (Å²) < 4.78 is 33.7. The van der Waals surface area contributed by atoms with E-state index in [-0.39, 0.29) is 58.0 Å². The summed E-state index contributed by atoms with van der Waals surface area (Å²) in [5, 5.41) is 0. The van der Waals surface area contributed by atoms with E-state index < -0.39 is 10.4 Å². The summed E-state index contributed by atoms with van der Waals surface area (Å²) in [4.78, 5) is 0. The molecule has 0 spiro atoms. The van der Waals surface area contributed by atoms with Crippen LogP contribution < -0.4 is 51.4 Å². The van der Waals surface area contributed by atoms with Crippen molar-refractivity contribution in [2.24, 2.45) is 0 Å². The molecule has 0 bridgehead atoms. The first-order valence-electron chi connectivity index (χ1n) is 3.66. The molecule has 68 valence electrons. The van der Waals surface area contributed by atoms with Crippen molar-refractivity contribution in [3.8, 4) is 0 Å². The van der Waals surface area contributed by atoms with Crippen LogP contribution in [0.1, 0.15) is 32.6 Å². The van der Waals surface area contributed by atoms with E-state index in [2.05, 4.69) is 4.18 Å². The van der Waals surface area contributed by atoms with Gasteiger partial charge in [0.05, 0.1) is 6.61 Å². The van der Waals surface area contributed by atoms with Crippen molar-refractivity contribution in [3.05, 3.63) is 0 Å². The monoisotopic (exact) mass is 220 g/mol. The van der Waals surface area contributed by atoms with Gasteiger partial charge in [-0.3, -0.25) is 4.18 Å². The summed E-state index contributed by atoms with van der Waals surface area (Å²) in [6, 6.07) is 0. The minimum absolute atomic E-state index is 0. The van der Waals surface area contributed by atoms with Gasteiger partial charge in [0.1, 0.15) is 0 Å². The maximum atomic E-state index is 9.89. The van der Waals surface area contributed by atoms with Gasteiger partial charge in [-0.2, -0.15) is 0 Å². The molecular weight excluding hydrogens is 207 g/mol. The van der Waals surface area contributed by atoms with Crippen molar-refractivity contribution in [3.63, 3.8) is 0 Å². The van der Waals surface area contributed by atoms with E-state index in [9.17, 15) is 13.0 Å². The Labute approximate surface area is 116 Å². The maximum absolute atomic E-state index is 9.89. The second kappa shape index (κ2) is 9.08. The van der Waals surface area contributed by atoms with Gasteiger partial charge in [-0.15, -0.1) is 0 Å². The zero-order valence-corrected chi connectivity index (χ0v) is 11.5. The Morgan fingerprint density at radius 1 is 1.25 bits per heavy atom. The number of rotatable bonds is 6. The van der Waals surface area contributed by atoms with Gasteiger partial charge in [0, 0.05) is 0 Å². The molecular formula is C6H13KO4S. The van der Waals surface area contributed by atoms with Gasteiger partial charge in [0.15, 0.2) is 0 Å². The summed E-state index contributed by atoms with van der Waals surface area (Å²) in [6.07, 6.45) is 3.66. The van der Waals surface area contributed by atoms with Crippen LogP contribution in [0.4, 0.5) is 0 Å². The maximum Gasteiger partial charge on any atom is 1.00 e. The molecule has 0 aromatic carbocycles. The van der Waals surface area contributed by atoms with E-state index in [1.807, 2.05) is 6.92 Å². The van der Waals surface area contributed by atoms with Crippen LogP contribution in [0.3, 0.4) is 0 Å². The van der Waals surface area contributed by atoms with Crippen molar-refractivity contribution in [1.29, 1.82) is 0 Å². The number of hydrogen-bond donors (Lipinski definition) is 0. The van der Waals surface area contributed by atoms with E-state index in [1.54, 1.807) is 0 Å². The molecule has 0 saturated carbocycles. The van der Waals surface area contributed by atoms with Crippen molar-refractivity contribution < 1.29 is 68.5 Å². The molecule has 0 rings (SSSR count). The van der Waals surface area contributed by atoms with E-state index in [0.717, 1.165) is 19.3 Å². The smallest absolute Gasteiger partial charge is 0.726 e. The molecule has 0 heterocycles. The molecule has 0 atom stereocenters. The topological polar surface area (TPSA) is 66.4 Å². The normalized spacial score (nSPS) is 10.8. The zero-order chi connectivity index (χ0) is 8.74. The van der Waals surface area contributed by atoms with Crippen LogP contribution >= 0.6 is 0 Å². The fourth-order valence-corrected chi connectivity index (χ4v) is 1.01. The van der Waals surface area contributed by atoms with Gasteiger partial charge < -0.3 is 4.55 Å². The van der Waals surface area contributed by atoms with Crippen LogP contribution in [0.25, 0.3) is 0 Å². The van der Waals surface area contributed by atoms with Crippen LogP contribution in [-0.2, 0) is 14.6 Å². The number of unbranched alkanes of at least 4 members (excludes halogenated alkanes) is 3. The van der Waals surface area contributed by atoms with E-state index in [0.29, 0.717) is 6.42 Å². The van der Waals surface area contributed by atoms with Crippen LogP contribution in [0, 0.1) is 0 Å². The predicted molar refractivity (Wildman–Crippen MR) is 39.8 cm³/mol. The third-order valence-corrected chi connectivity index (χ3v) is 1.68. The first kappa shape index (κ1) is 16.0. The van der Waals surface area contributed by atoms with Gasteiger partial charge in [0.25, 0.3) is 0 Å². The minimum atomic E-state index is -4.46. The molecule has 0 aliphatic heterocycles. The van der Waals surface area contributed by atoms with Crippen molar-refractivity contribution in [2.75, 3.05) is 6.61 Å². The summed E-state index contributed by atoms with van der Waals surface area (Å²) >= 11 is 0. The summed E-state index contributed by atoms with van der Waals surface area (Å²) in [5.41, 5.74) is 0. The molecule has 0 fully saturated rings. The SMILES string of the molecule is CCCCCCOS(=O)(=O)[O-].[K+]. The number of hydrogen-bond acceptors (Lipinski definition) is 4. The van der Waals surface area contributed by atoms with Crippen LogP contribution in [0.2, 0.25) is 0 Å². The third-order valence-electron chi connectivity index (χ3n) is 1.23. The Hall–Kier alpha value is 1.51. The van der Waals surface area contributed by atoms with Crippen LogP contribution in [0.15, 0.2) is 0 Å². The fourth-order valence-electron chi connectivity index (χ4n) is 0.690. The summed E-state index contributed by atoms with van der Waals surface area (Å²) in [6.45, 7) is 2.07. The second-order valence-electron chi connectivity index (χ2n) is 2.29. The zero-order valence-electron chi connectivity index (χ0n) is 7.58. The summed E-state index contributed by atoms with van der Waals surface area (Å²) in [7, 11) is -4.46. The Morgan fingerprint density at radius 2 is 1.83 bits per heavy atom. The first-order chi connectivity index (χ1) is 5.06. The van der Waals surface area contributed by atoms with Crippen molar-refractivity contribution in [1.82, 2.24) is 0 Å². The van der Waals surface area contributed by atoms with Gasteiger partial charge in [-0.25, -0.2) is 8.42 Å². The molecule has 0 aliphatic rings. The second-order valence-corrected chi connectivity index (χ2v) is 3.34. The van der Waals surface area contributed by atoms with E-state index in [1.165, 1.54) is 0 Å². The Balaban J connectivity index is 0. The van der Waals surface area contributed by atoms with Gasteiger partial charge in [0.2, 0.25) is 10.4 Å². The molecule has 4 nitrogen and oxygen atoms in total. The molecule has 0 radical (unpaired) electrons. The van der Waals surface area contributed by atoms with Crippen molar-refractivity contribution >= 4 is 10.4 Å². The predicted octanol–water partition coefficient (Wildman–Crippen LogP) is -1.95. The minimum Gasteiger partial charge on any atom is -0.726 e. The molecule has 6 heteroatoms. The quantitative estimate of drug-likeness (QED) is 0.226. The molecule has 0 amide bonds. The standard InChI is InChI=1S/C6H14O4S.K/c1-2-3-4-5-6-10-11(7,8)9;/h2-6H2,1H3,(H,7,8,9);/q;+1/p-1. The van der Waals surface area contributed by atoms with Crippen LogP contribution in [0.5, 0.6) is 0 Å². The molecule has 0 aromatic heterocycles. The van der Waals surface area contributed by atoms with E-state index in [4.69, 9.17) is 0 Å². The Bertz CT molecular complexity index is 178. The molecule has 0 aliphatic carbocycles. The fraction of sp³-hybridized carbons (Fsp3) is 1.00. The molecule has 0 saturated heterocycles. The molecule has 0 N–H and O–H groups in total. The van der Waals surface area contributed by atoms with Crippen LogP contribution in [-0.4, -0.2) is 19.6 Å². The molecule has 0 unspecified atom stereocenters. The van der Waals surface area contributed by atoms with Crippen molar-refractivity contribution in [2.45, 2.75) is 32.6 Å². The molecule has 0 aromatic rings. The van der Waals surface area contributed by atoms with Gasteiger partial charge >= 0.3 is 51.4 Å². The largest absolute Gasteiger partial charge is 1.00 e.